The summed E-state index contributed by atoms with van der Waals surface area (Å²) < 4.78 is 54.7. The lowest BCUT2D eigenvalue weighted by atomic mass is 10.2. The lowest BCUT2D eigenvalue weighted by molar-refractivity contribution is 0.0704. The second-order valence-electron chi connectivity index (χ2n) is 7.58. The van der Waals surface area contributed by atoms with Crippen LogP contribution < -0.4 is 25.0 Å². The predicted octanol–water partition coefficient (Wildman–Crippen LogP) is 2.17. The van der Waals surface area contributed by atoms with E-state index in [1.807, 2.05) is 0 Å². The number of carboxylic acids is 1. The number of anilines is 1. The van der Waals surface area contributed by atoms with E-state index in [1.165, 1.54) is 11.4 Å². The highest BCUT2D eigenvalue weighted by molar-refractivity contribution is 7.93. The van der Waals surface area contributed by atoms with Gasteiger partial charge in [-0.15, -0.1) is 11.3 Å². The fraction of sp³-hybridized carbons (Fsp3) is 0.136. The van der Waals surface area contributed by atoms with E-state index in [2.05, 4.69) is 4.98 Å². The lowest BCUT2D eigenvalue weighted by Gasteiger charge is -2.30. The van der Waals surface area contributed by atoms with Crippen molar-refractivity contribution in [2.75, 3.05) is 24.6 Å². The summed E-state index contributed by atoms with van der Waals surface area (Å²) in [5.74, 6) is -2.57. The maximum atomic E-state index is 15.2. The lowest BCUT2D eigenvalue weighted by Crippen LogP contribution is -2.38. The first-order chi connectivity index (χ1) is 17.1. The molecule has 14 heteroatoms. The van der Waals surface area contributed by atoms with Gasteiger partial charge in [-0.2, -0.15) is 0 Å². The number of H-pyrrole nitrogens is 1. The number of sulfonamides is 1. The van der Waals surface area contributed by atoms with Crippen LogP contribution in [-0.2, 0) is 10.0 Å². The van der Waals surface area contributed by atoms with E-state index in [4.69, 9.17) is 9.47 Å². The number of methoxy groups -OCH3 is 1. The van der Waals surface area contributed by atoms with E-state index < -0.39 is 43.6 Å². The van der Waals surface area contributed by atoms with Crippen LogP contribution in [0.15, 0.2) is 56.3 Å². The Bertz CT molecular complexity index is 1770. The van der Waals surface area contributed by atoms with Crippen LogP contribution in [0.2, 0.25) is 0 Å². The first kappa shape index (κ1) is 23.6. The third kappa shape index (κ3) is 3.53. The number of aromatic carboxylic acids is 1. The number of fused-ring (bicyclic) bond motifs is 2. The first-order valence-corrected chi connectivity index (χ1v) is 12.6. The van der Waals surface area contributed by atoms with Gasteiger partial charge in [0.05, 0.1) is 35.9 Å². The zero-order valence-corrected chi connectivity index (χ0v) is 20.0. The van der Waals surface area contributed by atoms with Gasteiger partial charge in [0.25, 0.3) is 15.6 Å². The third-order valence-corrected chi connectivity index (χ3v) is 8.38. The molecule has 11 nitrogen and oxygen atoms in total. The number of halogens is 1. The molecule has 2 aromatic heterocycles. The Morgan fingerprint density at radius 3 is 2.69 bits per heavy atom. The highest BCUT2D eigenvalue weighted by Gasteiger charge is 2.34. The molecular weight excluding hydrogens is 517 g/mol. The second kappa shape index (κ2) is 8.49. The van der Waals surface area contributed by atoms with E-state index in [0.717, 1.165) is 23.5 Å². The first-order valence-electron chi connectivity index (χ1n) is 10.3. The number of hydrogen-bond acceptors (Lipinski definition) is 8. The van der Waals surface area contributed by atoms with Crippen molar-refractivity contribution in [3.63, 3.8) is 0 Å². The number of carboxylic acid groups (broad SMARTS) is 1. The van der Waals surface area contributed by atoms with Gasteiger partial charge in [-0.25, -0.2) is 27.0 Å². The third-order valence-electron chi connectivity index (χ3n) is 5.57. The summed E-state index contributed by atoms with van der Waals surface area (Å²) in [6.07, 6.45) is 0. The van der Waals surface area contributed by atoms with Gasteiger partial charge in [0.1, 0.15) is 27.9 Å². The summed E-state index contributed by atoms with van der Waals surface area (Å²) in [6, 6.07) is 8.00. The van der Waals surface area contributed by atoms with Crippen molar-refractivity contribution in [2.24, 2.45) is 0 Å². The molecule has 0 atom stereocenters. The molecule has 1 aliphatic rings. The Balaban J connectivity index is 1.77. The molecule has 0 saturated carbocycles. The van der Waals surface area contributed by atoms with Crippen molar-refractivity contribution >= 4 is 43.9 Å². The maximum Gasteiger partial charge on any atom is 0.346 e. The van der Waals surface area contributed by atoms with Gasteiger partial charge >= 0.3 is 11.7 Å². The van der Waals surface area contributed by atoms with Gasteiger partial charge in [0, 0.05) is 11.4 Å². The number of hydrogen-bond donors (Lipinski definition) is 2. The van der Waals surface area contributed by atoms with Crippen molar-refractivity contribution in [1.82, 2.24) is 9.55 Å². The minimum Gasteiger partial charge on any atom is -0.495 e. The van der Waals surface area contributed by atoms with E-state index in [-0.39, 0.29) is 40.4 Å². The molecular formula is C22H16FN3O8S2. The summed E-state index contributed by atoms with van der Waals surface area (Å²) in [7, 11) is -3.25. The number of nitrogens with zero attached hydrogens (tertiary/aromatic N) is 2. The normalized spacial score (nSPS) is 13.3. The summed E-state index contributed by atoms with van der Waals surface area (Å²) in [6.45, 7) is -0.00287. The number of benzene rings is 2. The van der Waals surface area contributed by atoms with E-state index in [9.17, 15) is 27.9 Å². The number of aromatic amines is 1. The number of aromatic nitrogens is 2. The van der Waals surface area contributed by atoms with Gasteiger partial charge in [0.15, 0.2) is 5.82 Å². The van der Waals surface area contributed by atoms with Crippen LogP contribution in [0.3, 0.4) is 0 Å². The Labute approximate surface area is 205 Å². The van der Waals surface area contributed by atoms with Crippen LogP contribution in [-0.4, -0.2) is 49.3 Å². The average Bonchev–Trinajstić information content (AvgIpc) is 3.28. The quantitative estimate of drug-likeness (QED) is 0.397. The molecule has 0 radical (unpaired) electrons. The average molecular weight is 534 g/mol. The fourth-order valence-corrected chi connectivity index (χ4v) is 6.43. The van der Waals surface area contributed by atoms with Crippen molar-refractivity contribution in [1.29, 1.82) is 0 Å². The van der Waals surface area contributed by atoms with Crippen LogP contribution in [0.5, 0.6) is 11.5 Å². The van der Waals surface area contributed by atoms with E-state index in [0.29, 0.717) is 21.7 Å². The molecule has 4 aromatic rings. The molecule has 2 aromatic carbocycles. The molecule has 1 aliphatic heterocycles. The SMILES string of the molecule is COc1cc(F)c(-n2c(=O)[nH]c3csc(C(=O)O)c3c2=O)cc1S(=O)(=O)N1CCOc2ccccc21. The minimum absolute atomic E-state index is 0.0321. The zero-order valence-electron chi connectivity index (χ0n) is 18.3. The molecule has 2 N–H and O–H groups in total. The predicted molar refractivity (Wildman–Crippen MR) is 128 cm³/mol. The highest BCUT2D eigenvalue weighted by atomic mass is 32.2. The van der Waals surface area contributed by atoms with Crippen molar-refractivity contribution < 1.29 is 32.2 Å². The van der Waals surface area contributed by atoms with Crippen LogP contribution in [0, 0.1) is 5.82 Å². The number of carbonyl (C=O) groups is 1. The molecule has 0 saturated heterocycles. The van der Waals surface area contributed by atoms with Crippen LogP contribution in [0.25, 0.3) is 16.6 Å². The summed E-state index contributed by atoms with van der Waals surface area (Å²) >= 11 is 0.716. The number of para-hydroxylation sites is 2. The summed E-state index contributed by atoms with van der Waals surface area (Å²) in [4.78, 5) is 39.0. The topological polar surface area (TPSA) is 148 Å². The number of ether oxygens (including phenoxy) is 2. The Hall–Kier alpha value is -4.17. The Kier molecular flexibility index (Phi) is 5.56. The van der Waals surface area contributed by atoms with Gasteiger partial charge < -0.3 is 19.6 Å². The van der Waals surface area contributed by atoms with Crippen molar-refractivity contribution in [3.05, 3.63) is 73.3 Å². The van der Waals surface area contributed by atoms with Crippen LogP contribution >= 0.6 is 11.3 Å². The van der Waals surface area contributed by atoms with E-state index in [1.54, 1.807) is 18.2 Å². The molecule has 0 amide bonds. The maximum absolute atomic E-state index is 15.2. The number of rotatable bonds is 5. The highest BCUT2D eigenvalue weighted by Crippen LogP contribution is 2.38. The van der Waals surface area contributed by atoms with Gasteiger partial charge in [-0.3, -0.25) is 9.10 Å². The molecule has 0 unspecified atom stereocenters. The Morgan fingerprint density at radius 2 is 1.97 bits per heavy atom. The minimum atomic E-state index is -4.40. The fourth-order valence-electron chi connectivity index (χ4n) is 3.98. The molecule has 0 spiro atoms. The number of nitrogens with one attached hydrogen (secondary N) is 1. The van der Waals surface area contributed by atoms with E-state index >= 15 is 4.39 Å². The molecule has 0 aliphatic carbocycles. The Morgan fingerprint density at radius 1 is 1.22 bits per heavy atom. The molecule has 36 heavy (non-hydrogen) atoms. The van der Waals surface area contributed by atoms with Gasteiger partial charge in [-0.1, -0.05) is 12.1 Å². The molecule has 0 fully saturated rings. The van der Waals surface area contributed by atoms with Crippen molar-refractivity contribution in [2.45, 2.75) is 4.90 Å². The standard InChI is InChI=1S/C22H16FN3O8S2/c1-33-16-8-11(23)14(26-20(27)18-12(24-22(26)30)10-35-19(18)21(28)29)9-17(16)36(31,32)25-6-7-34-15-5-3-2-4-13(15)25/h2-5,8-10H,6-7H2,1H3,(H,24,30)(H,28,29). The smallest absolute Gasteiger partial charge is 0.346 e. The molecule has 5 rings (SSSR count). The monoisotopic (exact) mass is 533 g/mol. The molecule has 186 valence electrons. The van der Waals surface area contributed by atoms with Crippen LogP contribution in [0.1, 0.15) is 9.67 Å². The summed E-state index contributed by atoms with van der Waals surface area (Å²) in [5.41, 5.74) is -2.66. The number of thiophene rings is 1. The van der Waals surface area contributed by atoms with Gasteiger partial charge in [0.2, 0.25) is 0 Å². The van der Waals surface area contributed by atoms with Crippen molar-refractivity contribution in [3.8, 4) is 17.2 Å². The van der Waals surface area contributed by atoms with Gasteiger partial charge in [-0.05, 0) is 18.2 Å². The second-order valence-corrected chi connectivity index (χ2v) is 10.3. The summed E-state index contributed by atoms with van der Waals surface area (Å²) in [5, 5.41) is 10.4. The molecule has 3 heterocycles. The zero-order chi connectivity index (χ0) is 25.8. The largest absolute Gasteiger partial charge is 0.495 e. The van der Waals surface area contributed by atoms with Crippen LogP contribution in [0.4, 0.5) is 10.1 Å². The molecule has 0 bridgehead atoms.